The molecule has 31 heavy (non-hydrogen) atoms. The van der Waals surface area contributed by atoms with E-state index in [2.05, 4.69) is 20.3 Å². The highest BCUT2D eigenvalue weighted by Crippen LogP contribution is 2.24. The Balaban J connectivity index is 1.32. The molecule has 0 radical (unpaired) electrons. The summed E-state index contributed by atoms with van der Waals surface area (Å²) in [6.07, 6.45) is 4.98. The van der Waals surface area contributed by atoms with Gasteiger partial charge >= 0.3 is 0 Å². The van der Waals surface area contributed by atoms with Crippen LogP contribution in [0.3, 0.4) is 0 Å². The minimum atomic E-state index is -0.481. The van der Waals surface area contributed by atoms with Gasteiger partial charge < -0.3 is 10.3 Å². The first-order chi connectivity index (χ1) is 15.1. The van der Waals surface area contributed by atoms with Gasteiger partial charge in [0, 0.05) is 42.0 Å². The van der Waals surface area contributed by atoms with Crippen LogP contribution >= 0.6 is 0 Å². The van der Waals surface area contributed by atoms with Crippen LogP contribution in [0.4, 0.5) is 5.69 Å². The third kappa shape index (κ3) is 3.38. The van der Waals surface area contributed by atoms with Gasteiger partial charge in [-0.15, -0.1) is 0 Å². The number of rotatable bonds is 5. The molecule has 2 N–H and O–H groups in total. The summed E-state index contributed by atoms with van der Waals surface area (Å²) in [6, 6.07) is 15.9. The number of amides is 1. The Kier molecular flexibility index (Phi) is 4.40. The van der Waals surface area contributed by atoms with Gasteiger partial charge in [-0.05, 0) is 29.8 Å². The van der Waals surface area contributed by atoms with Crippen LogP contribution in [-0.2, 0) is 6.54 Å². The topological polar surface area (TPSA) is 119 Å². The molecule has 0 saturated carbocycles. The Labute approximate surface area is 175 Å². The highest BCUT2D eigenvalue weighted by molar-refractivity contribution is 6.07. The maximum absolute atomic E-state index is 12.6. The SMILES string of the molecule is O=C(NCc1ccc(-n2cnc3ccccc32)nc1)c1c[nH]c2ccc([N+](=O)[O-])cc12. The molecule has 0 fully saturated rings. The summed E-state index contributed by atoms with van der Waals surface area (Å²) in [5.41, 5.74) is 3.63. The number of hydrogen-bond acceptors (Lipinski definition) is 5. The Morgan fingerprint density at radius 2 is 2.00 bits per heavy atom. The first-order valence-electron chi connectivity index (χ1n) is 9.51. The number of nitro groups is 1. The van der Waals surface area contributed by atoms with Crippen LogP contribution in [0.5, 0.6) is 0 Å². The standard InChI is InChI=1S/C22H16N6O3/c29-22(17-12-23-18-7-6-15(28(30)31)9-16(17)18)25-11-14-5-8-21(24-10-14)27-13-26-19-3-1-2-4-20(19)27/h1-10,12-13,23H,11H2,(H,25,29). The predicted octanol–water partition coefficient (Wildman–Crippen LogP) is 3.74. The summed E-state index contributed by atoms with van der Waals surface area (Å²) < 4.78 is 1.90. The second-order valence-corrected chi connectivity index (χ2v) is 7.00. The smallest absolute Gasteiger partial charge is 0.270 e. The number of nitrogens with one attached hydrogen (secondary N) is 2. The van der Waals surface area contributed by atoms with Crippen LogP contribution in [-0.4, -0.2) is 30.3 Å². The van der Waals surface area contributed by atoms with E-state index in [1.54, 1.807) is 24.8 Å². The van der Waals surface area contributed by atoms with Gasteiger partial charge in [0.2, 0.25) is 0 Å². The molecular formula is C22H16N6O3. The van der Waals surface area contributed by atoms with Crippen LogP contribution in [0.1, 0.15) is 15.9 Å². The van der Waals surface area contributed by atoms with Gasteiger partial charge in [-0.2, -0.15) is 0 Å². The van der Waals surface area contributed by atoms with Crippen molar-refractivity contribution in [3.05, 3.63) is 94.6 Å². The van der Waals surface area contributed by atoms with Crippen LogP contribution in [0.15, 0.2) is 73.3 Å². The molecule has 5 rings (SSSR count). The molecule has 3 aromatic heterocycles. The normalized spacial score (nSPS) is 11.1. The number of non-ortho nitro benzene ring substituents is 1. The molecule has 0 aliphatic carbocycles. The second-order valence-electron chi connectivity index (χ2n) is 7.00. The Morgan fingerprint density at radius 3 is 2.81 bits per heavy atom. The Bertz CT molecular complexity index is 1430. The number of nitro benzene ring substituents is 1. The van der Waals surface area contributed by atoms with Crippen LogP contribution in [0, 0.1) is 10.1 Å². The van der Waals surface area contributed by atoms with Crippen molar-refractivity contribution in [2.24, 2.45) is 0 Å². The molecule has 152 valence electrons. The van der Waals surface area contributed by atoms with E-state index < -0.39 is 4.92 Å². The molecule has 0 aliphatic heterocycles. The predicted molar refractivity (Wildman–Crippen MR) is 115 cm³/mol. The third-order valence-electron chi connectivity index (χ3n) is 5.08. The summed E-state index contributed by atoms with van der Waals surface area (Å²) in [5, 5.41) is 14.4. The molecule has 9 nitrogen and oxygen atoms in total. The number of benzene rings is 2. The lowest BCUT2D eigenvalue weighted by Crippen LogP contribution is -2.22. The number of carbonyl (C=O) groups is 1. The summed E-state index contributed by atoms with van der Waals surface area (Å²) in [6.45, 7) is 0.276. The number of nitrogens with zero attached hydrogens (tertiary/aromatic N) is 4. The molecule has 5 aromatic rings. The lowest BCUT2D eigenvalue weighted by Gasteiger charge is -2.07. The first-order valence-corrected chi connectivity index (χ1v) is 9.51. The number of imidazole rings is 1. The van der Waals surface area contributed by atoms with Gasteiger partial charge in [-0.1, -0.05) is 18.2 Å². The van der Waals surface area contributed by atoms with Gasteiger partial charge in [0.05, 0.1) is 21.5 Å². The minimum absolute atomic E-state index is 0.0621. The highest BCUT2D eigenvalue weighted by atomic mass is 16.6. The van der Waals surface area contributed by atoms with E-state index in [0.717, 1.165) is 22.4 Å². The van der Waals surface area contributed by atoms with Crippen molar-refractivity contribution < 1.29 is 9.72 Å². The number of pyridine rings is 1. The van der Waals surface area contributed by atoms with Crippen molar-refractivity contribution in [1.29, 1.82) is 0 Å². The maximum atomic E-state index is 12.6. The first kappa shape index (κ1) is 18.5. The molecule has 0 atom stereocenters. The van der Waals surface area contributed by atoms with Crippen molar-refractivity contribution in [3.63, 3.8) is 0 Å². The molecule has 0 saturated heterocycles. The lowest BCUT2D eigenvalue weighted by molar-refractivity contribution is -0.384. The zero-order valence-corrected chi connectivity index (χ0v) is 16.1. The molecule has 3 heterocycles. The molecule has 1 amide bonds. The van der Waals surface area contributed by atoms with Crippen molar-refractivity contribution in [1.82, 2.24) is 24.8 Å². The number of para-hydroxylation sites is 2. The van der Waals surface area contributed by atoms with Gasteiger partial charge in [0.25, 0.3) is 11.6 Å². The summed E-state index contributed by atoms with van der Waals surface area (Å²) in [4.78, 5) is 35.0. The summed E-state index contributed by atoms with van der Waals surface area (Å²) in [5.74, 6) is 0.407. The zero-order valence-electron chi connectivity index (χ0n) is 16.1. The van der Waals surface area contributed by atoms with Gasteiger partial charge in [0.15, 0.2) is 0 Å². The number of hydrogen-bond donors (Lipinski definition) is 2. The molecular weight excluding hydrogens is 396 g/mol. The van der Waals surface area contributed by atoms with E-state index in [1.807, 2.05) is 41.0 Å². The zero-order chi connectivity index (χ0) is 21.4. The van der Waals surface area contributed by atoms with Crippen LogP contribution in [0.25, 0.3) is 27.8 Å². The van der Waals surface area contributed by atoms with E-state index in [9.17, 15) is 14.9 Å². The largest absolute Gasteiger partial charge is 0.360 e. The minimum Gasteiger partial charge on any atom is -0.360 e. The van der Waals surface area contributed by atoms with E-state index >= 15 is 0 Å². The average molecular weight is 412 g/mol. The molecule has 0 aliphatic rings. The van der Waals surface area contributed by atoms with Gasteiger partial charge in [0.1, 0.15) is 12.1 Å². The quantitative estimate of drug-likeness (QED) is 0.337. The summed E-state index contributed by atoms with van der Waals surface area (Å²) in [7, 11) is 0. The van der Waals surface area contributed by atoms with Crippen LogP contribution < -0.4 is 5.32 Å². The van der Waals surface area contributed by atoms with Crippen LogP contribution in [0.2, 0.25) is 0 Å². The highest BCUT2D eigenvalue weighted by Gasteiger charge is 2.15. The van der Waals surface area contributed by atoms with E-state index in [0.29, 0.717) is 16.5 Å². The molecule has 0 spiro atoms. The van der Waals surface area contributed by atoms with Gasteiger partial charge in [-0.3, -0.25) is 19.5 Å². The number of fused-ring (bicyclic) bond motifs is 2. The van der Waals surface area contributed by atoms with E-state index in [1.165, 1.54) is 12.1 Å². The molecule has 0 bridgehead atoms. The average Bonchev–Trinajstić information content (AvgIpc) is 3.42. The molecule has 9 heteroatoms. The van der Waals surface area contributed by atoms with Gasteiger partial charge in [-0.25, -0.2) is 9.97 Å². The third-order valence-corrected chi connectivity index (χ3v) is 5.08. The molecule has 2 aromatic carbocycles. The van der Waals surface area contributed by atoms with Crippen molar-refractivity contribution in [2.45, 2.75) is 6.54 Å². The van der Waals surface area contributed by atoms with Crippen molar-refractivity contribution in [2.75, 3.05) is 0 Å². The monoisotopic (exact) mass is 412 g/mol. The Morgan fingerprint density at radius 1 is 1.13 bits per heavy atom. The number of aromatic amines is 1. The molecule has 0 unspecified atom stereocenters. The Hall–Kier alpha value is -4.53. The fourth-order valence-corrected chi connectivity index (χ4v) is 3.49. The number of aromatic nitrogens is 4. The number of carbonyl (C=O) groups excluding carboxylic acids is 1. The maximum Gasteiger partial charge on any atom is 0.270 e. The second kappa shape index (κ2) is 7.38. The lowest BCUT2D eigenvalue weighted by atomic mass is 10.1. The summed E-state index contributed by atoms with van der Waals surface area (Å²) >= 11 is 0. The van der Waals surface area contributed by atoms with E-state index in [4.69, 9.17) is 0 Å². The van der Waals surface area contributed by atoms with Crippen molar-refractivity contribution in [3.8, 4) is 5.82 Å². The fraction of sp³-hybridized carbons (Fsp3) is 0.0455. The number of H-pyrrole nitrogens is 1. The van der Waals surface area contributed by atoms with Crippen molar-refractivity contribution >= 4 is 33.5 Å². The van der Waals surface area contributed by atoms with E-state index in [-0.39, 0.29) is 18.1 Å². The fourth-order valence-electron chi connectivity index (χ4n) is 3.49.